The van der Waals surface area contributed by atoms with Gasteiger partial charge in [0.25, 0.3) is 0 Å². The highest BCUT2D eigenvalue weighted by Gasteiger charge is 2.29. The highest BCUT2D eigenvalue weighted by molar-refractivity contribution is 5.83. The number of hydrogen-bond acceptors (Lipinski definition) is 5. The van der Waals surface area contributed by atoms with E-state index in [1.165, 1.54) is 12.1 Å². The molecular formula is C28H31FN2O3. The summed E-state index contributed by atoms with van der Waals surface area (Å²) in [4.78, 5) is 6.64. The molecule has 34 heavy (non-hydrogen) atoms. The van der Waals surface area contributed by atoms with Crippen molar-refractivity contribution in [3.63, 3.8) is 0 Å². The van der Waals surface area contributed by atoms with Crippen molar-refractivity contribution in [3.05, 3.63) is 71.7 Å². The fourth-order valence-electron chi connectivity index (χ4n) is 4.80. The highest BCUT2D eigenvalue weighted by atomic mass is 19.1. The predicted octanol–water partition coefficient (Wildman–Crippen LogP) is 4.18. The summed E-state index contributed by atoms with van der Waals surface area (Å²) in [6, 6.07) is 13.9. The average molecular weight is 463 g/mol. The minimum absolute atomic E-state index is 0.115. The van der Waals surface area contributed by atoms with Crippen LogP contribution in [0.15, 0.2) is 54.7 Å². The number of methoxy groups -OCH3 is 1. The molecule has 3 atom stereocenters. The van der Waals surface area contributed by atoms with Crippen molar-refractivity contribution in [2.75, 3.05) is 33.4 Å². The lowest BCUT2D eigenvalue weighted by Gasteiger charge is -2.37. The van der Waals surface area contributed by atoms with Crippen LogP contribution in [0, 0.1) is 29.5 Å². The number of hydrogen-bond donors (Lipinski definition) is 2. The van der Waals surface area contributed by atoms with E-state index in [0.717, 1.165) is 48.1 Å². The van der Waals surface area contributed by atoms with Crippen LogP contribution in [-0.4, -0.2) is 53.4 Å². The second-order valence-electron chi connectivity index (χ2n) is 8.92. The van der Waals surface area contributed by atoms with Crippen LogP contribution in [0.2, 0.25) is 0 Å². The van der Waals surface area contributed by atoms with Crippen LogP contribution in [0.4, 0.5) is 4.39 Å². The minimum atomic E-state index is -0.605. The van der Waals surface area contributed by atoms with Gasteiger partial charge in [-0.15, -0.1) is 0 Å². The monoisotopic (exact) mass is 462 g/mol. The van der Waals surface area contributed by atoms with Crippen molar-refractivity contribution in [1.29, 1.82) is 0 Å². The van der Waals surface area contributed by atoms with Crippen molar-refractivity contribution in [3.8, 4) is 17.6 Å². The first kappa shape index (κ1) is 24.2. The Morgan fingerprint density at radius 1 is 1.21 bits per heavy atom. The smallest absolute Gasteiger partial charge is 0.124 e. The fraction of sp³-hybridized carbons (Fsp3) is 0.393. The first-order valence-electron chi connectivity index (χ1n) is 11.8. The molecule has 1 saturated heterocycles. The Bertz CT molecular complexity index is 1170. The minimum Gasteiger partial charge on any atom is -0.497 e. The van der Waals surface area contributed by atoms with Gasteiger partial charge in [-0.2, -0.15) is 0 Å². The zero-order chi connectivity index (χ0) is 23.9. The molecule has 3 aromatic rings. The largest absolute Gasteiger partial charge is 0.497 e. The summed E-state index contributed by atoms with van der Waals surface area (Å²) < 4.78 is 18.6. The average Bonchev–Trinajstić information content (AvgIpc) is 2.87. The lowest BCUT2D eigenvalue weighted by atomic mass is 9.81. The van der Waals surface area contributed by atoms with E-state index in [1.807, 2.05) is 24.3 Å². The van der Waals surface area contributed by atoms with Gasteiger partial charge >= 0.3 is 0 Å². The molecule has 0 aliphatic carbocycles. The van der Waals surface area contributed by atoms with Crippen molar-refractivity contribution in [2.45, 2.75) is 25.4 Å². The zero-order valence-corrected chi connectivity index (χ0v) is 19.5. The fourth-order valence-corrected chi connectivity index (χ4v) is 4.80. The summed E-state index contributed by atoms with van der Waals surface area (Å²) in [6.45, 7) is 2.37. The molecule has 0 unspecified atom stereocenters. The molecule has 0 radical (unpaired) electrons. The van der Waals surface area contributed by atoms with Crippen molar-refractivity contribution >= 4 is 10.9 Å². The third-order valence-corrected chi connectivity index (χ3v) is 6.72. The Hall–Kier alpha value is -2.98. The number of nitrogens with zero attached hydrogens (tertiary/aromatic N) is 2. The summed E-state index contributed by atoms with van der Waals surface area (Å²) >= 11 is 0. The van der Waals surface area contributed by atoms with Crippen LogP contribution in [0.1, 0.15) is 36.5 Å². The molecule has 0 spiro atoms. The third-order valence-electron chi connectivity index (χ3n) is 6.72. The number of benzene rings is 2. The van der Waals surface area contributed by atoms with E-state index in [0.29, 0.717) is 24.4 Å². The summed E-state index contributed by atoms with van der Waals surface area (Å²) in [5.41, 5.74) is 2.36. The molecule has 0 bridgehead atoms. The van der Waals surface area contributed by atoms with Crippen molar-refractivity contribution in [1.82, 2.24) is 9.88 Å². The van der Waals surface area contributed by atoms with Crippen molar-refractivity contribution < 1.29 is 19.3 Å². The number of rotatable bonds is 7. The molecule has 2 heterocycles. The van der Waals surface area contributed by atoms with Gasteiger partial charge in [0.2, 0.25) is 0 Å². The molecule has 5 nitrogen and oxygen atoms in total. The molecule has 178 valence electrons. The number of aliphatic hydroxyl groups excluding tert-OH is 2. The predicted molar refractivity (Wildman–Crippen MR) is 131 cm³/mol. The second kappa shape index (κ2) is 11.4. The number of piperidine rings is 1. The Morgan fingerprint density at radius 2 is 2.09 bits per heavy atom. The molecule has 1 fully saturated rings. The number of likely N-dealkylation sites (tertiary alicyclic amines) is 1. The lowest BCUT2D eigenvalue weighted by Crippen LogP contribution is -2.42. The van der Waals surface area contributed by atoms with Crippen LogP contribution in [0.3, 0.4) is 0 Å². The van der Waals surface area contributed by atoms with Crippen LogP contribution >= 0.6 is 0 Å². The Balaban J connectivity index is 1.34. The first-order valence-corrected chi connectivity index (χ1v) is 11.8. The second-order valence-corrected chi connectivity index (χ2v) is 8.92. The quantitative estimate of drug-likeness (QED) is 0.516. The van der Waals surface area contributed by atoms with Gasteiger partial charge in [-0.3, -0.25) is 9.88 Å². The number of halogens is 1. The summed E-state index contributed by atoms with van der Waals surface area (Å²) in [5.74, 6) is 7.09. The summed E-state index contributed by atoms with van der Waals surface area (Å²) in [5, 5.41) is 21.9. The van der Waals surface area contributed by atoms with Crippen LogP contribution < -0.4 is 4.74 Å². The van der Waals surface area contributed by atoms with Crippen LogP contribution in [-0.2, 0) is 0 Å². The number of aromatic nitrogens is 1. The lowest BCUT2D eigenvalue weighted by molar-refractivity contribution is 0.0640. The van der Waals surface area contributed by atoms with E-state index < -0.39 is 6.10 Å². The maximum Gasteiger partial charge on any atom is 0.124 e. The van der Waals surface area contributed by atoms with Crippen molar-refractivity contribution in [2.24, 2.45) is 11.8 Å². The Kier molecular flexibility index (Phi) is 8.12. The van der Waals surface area contributed by atoms with Gasteiger partial charge in [-0.1, -0.05) is 17.9 Å². The molecule has 1 aromatic heterocycles. The summed E-state index contributed by atoms with van der Waals surface area (Å²) in [7, 11) is 1.63. The van der Waals surface area contributed by atoms with Gasteiger partial charge in [-0.25, -0.2) is 4.39 Å². The molecule has 1 aliphatic heterocycles. The molecule has 0 saturated carbocycles. The van der Waals surface area contributed by atoms with Gasteiger partial charge < -0.3 is 14.9 Å². The van der Waals surface area contributed by atoms with E-state index in [1.54, 1.807) is 25.4 Å². The molecular weight excluding hydrogens is 431 g/mol. The maximum atomic E-state index is 13.3. The molecule has 2 N–H and O–H groups in total. The highest BCUT2D eigenvalue weighted by Crippen LogP contribution is 2.33. The summed E-state index contributed by atoms with van der Waals surface area (Å²) in [6.07, 6.45) is 3.53. The van der Waals surface area contributed by atoms with E-state index in [4.69, 9.17) is 4.74 Å². The number of fused-ring (bicyclic) bond motifs is 1. The standard InChI is InChI=1S/C28H31FN2O3/c1-34-24-8-9-27-26(17-24)25(11-13-30-27)28(33)10-7-21-12-15-31(18-22(21)19-32)14-3-5-20-4-2-6-23(29)16-20/h2,4,6,8-9,11,13,16-17,21-22,28,32-33H,7,10,12,14-15,18-19H2,1H3/t21-,22-,28-/m1/s1. The molecule has 6 heteroatoms. The normalized spacial score (nSPS) is 19.4. The SMILES string of the molecule is COc1ccc2nccc([C@H](O)CC[C@@H]3CCN(CC#Cc4cccc(F)c4)C[C@@H]3CO)c2c1. The van der Waals surface area contributed by atoms with E-state index in [-0.39, 0.29) is 18.3 Å². The Labute approximate surface area is 200 Å². The Morgan fingerprint density at radius 3 is 2.88 bits per heavy atom. The molecule has 1 aliphatic rings. The van der Waals surface area contributed by atoms with Gasteiger partial charge in [0, 0.05) is 30.3 Å². The maximum absolute atomic E-state index is 13.3. The number of ether oxygens (including phenoxy) is 1. The zero-order valence-electron chi connectivity index (χ0n) is 19.5. The molecule has 4 rings (SSSR count). The van der Waals surface area contributed by atoms with E-state index in [9.17, 15) is 14.6 Å². The van der Waals surface area contributed by atoms with Crippen LogP contribution in [0.25, 0.3) is 10.9 Å². The van der Waals surface area contributed by atoms with Crippen LogP contribution in [0.5, 0.6) is 5.75 Å². The van der Waals surface area contributed by atoms with Gasteiger partial charge in [0.05, 0.1) is 25.3 Å². The number of aliphatic hydroxyl groups is 2. The van der Waals surface area contributed by atoms with E-state index in [2.05, 4.69) is 21.7 Å². The first-order chi connectivity index (χ1) is 16.6. The topological polar surface area (TPSA) is 65.8 Å². The van der Waals surface area contributed by atoms with Gasteiger partial charge in [0.15, 0.2) is 0 Å². The molecule has 2 aromatic carbocycles. The third kappa shape index (κ3) is 5.92. The molecule has 0 amide bonds. The van der Waals surface area contributed by atoms with E-state index >= 15 is 0 Å². The van der Waals surface area contributed by atoms with Gasteiger partial charge in [0.1, 0.15) is 11.6 Å². The number of pyridine rings is 1. The van der Waals surface area contributed by atoms with Gasteiger partial charge in [-0.05, 0) is 85.7 Å².